The van der Waals surface area contributed by atoms with Gasteiger partial charge in [-0.25, -0.2) is 0 Å². The van der Waals surface area contributed by atoms with E-state index in [1.807, 2.05) is 13.8 Å². The number of nitrogens with two attached hydrogens (primary N) is 1. The third-order valence-electron chi connectivity index (χ3n) is 1.98. The average molecular weight is 187 g/mol. The number of hydrogen-bond donors (Lipinski definition) is 3. The third-order valence-corrected chi connectivity index (χ3v) is 1.98. The smallest absolute Gasteiger partial charge is 0.223 e. The Morgan fingerprint density at radius 2 is 2.15 bits per heavy atom. The van der Waals surface area contributed by atoms with Crippen molar-refractivity contribution in [3.63, 3.8) is 0 Å². The Morgan fingerprint density at radius 1 is 1.62 bits per heavy atom. The zero-order chi connectivity index (χ0) is 10.4. The van der Waals surface area contributed by atoms with Crippen LogP contribution in [0.4, 0.5) is 0 Å². The molecule has 0 aliphatic rings. The summed E-state index contributed by atoms with van der Waals surface area (Å²) in [5.74, 6) is -0.118. The summed E-state index contributed by atoms with van der Waals surface area (Å²) in [6, 6.07) is -0.425. The van der Waals surface area contributed by atoms with E-state index >= 15 is 0 Å². The molecule has 0 radical (unpaired) electrons. The average Bonchev–Trinajstić information content (AvgIpc) is 2.14. The number of amides is 1. The van der Waals surface area contributed by atoms with E-state index in [1.165, 1.54) is 0 Å². The Morgan fingerprint density at radius 3 is 2.54 bits per heavy atom. The standard InChI is InChI=1S/C8H17N3O2/c1-4-5(2)8(12)10-6(3)7(9)11-13/h5-6,13H,4H2,1-3H3,(H2,9,11)(H,10,12). The van der Waals surface area contributed by atoms with Crippen molar-refractivity contribution in [2.24, 2.45) is 16.8 Å². The highest BCUT2D eigenvalue weighted by molar-refractivity contribution is 5.90. The first-order valence-electron chi connectivity index (χ1n) is 4.30. The molecular weight excluding hydrogens is 170 g/mol. The van der Waals surface area contributed by atoms with Crippen molar-refractivity contribution in [3.8, 4) is 0 Å². The van der Waals surface area contributed by atoms with Gasteiger partial charge in [-0.2, -0.15) is 0 Å². The monoisotopic (exact) mass is 187 g/mol. The predicted molar refractivity (Wildman–Crippen MR) is 50.5 cm³/mol. The van der Waals surface area contributed by atoms with Crippen molar-refractivity contribution in [2.75, 3.05) is 0 Å². The van der Waals surface area contributed by atoms with Crippen LogP contribution in [0.1, 0.15) is 27.2 Å². The third kappa shape index (κ3) is 3.78. The lowest BCUT2D eigenvalue weighted by molar-refractivity contribution is -0.124. The summed E-state index contributed by atoms with van der Waals surface area (Å²) in [5.41, 5.74) is 5.29. The van der Waals surface area contributed by atoms with Gasteiger partial charge in [-0.3, -0.25) is 4.79 Å². The fourth-order valence-corrected chi connectivity index (χ4v) is 0.702. The molecule has 0 heterocycles. The second kappa shape index (κ2) is 5.40. The number of oxime groups is 1. The quantitative estimate of drug-likeness (QED) is 0.256. The lowest BCUT2D eigenvalue weighted by Gasteiger charge is -2.15. The van der Waals surface area contributed by atoms with Gasteiger partial charge in [0.1, 0.15) is 0 Å². The zero-order valence-electron chi connectivity index (χ0n) is 8.24. The lowest BCUT2D eigenvalue weighted by atomic mass is 10.1. The van der Waals surface area contributed by atoms with Gasteiger partial charge < -0.3 is 16.3 Å². The zero-order valence-corrected chi connectivity index (χ0v) is 8.24. The van der Waals surface area contributed by atoms with E-state index < -0.39 is 6.04 Å². The Kier molecular flexibility index (Phi) is 4.87. The number of carbonyl (C=O) groups excluding carboxylic acids is 1. The second-order valence-electron chi connectivity index (χ2n) is 3.06. The minimum Gasteiger partial charge on any atom is -0.409 e. The van der Waals surface area contributed by atoms with Gasteiger partial charge in [0.2, 0.25) is 5.91 Å². The summed E-state index contributed by atoms with van der Waals surface area (Å²) in [4.78, 5) is 11.3. The first-order valence-corrected chi connectivity index (χ1v) is 4.30. The fourth-order valence-electron chi connectivity index (χ4n) is 0.702. The SMILES string of the molecule is CCC(C)C(=O)NC(C)/C(N)=N/O. The van der Waals surface area contributed by atoms with Crippen molar-refractivity contribution in [1.82, 2.24) is 5.32 Å². The van der Waals surface area contributed by atoms with E-state index in [0.29, 0.717) is 0 Å². The summed E-state index contributed by atoms with van der Waals surface area (Å²) in [5, 5.41) is 13.8. The van der Waals surface area contributed by atoms with E-state index in [4.69, 9.17) is 10.9 Å². The largest absolute Gasteiger partial charge is 0.409 e. The lowest BCUT2D eigenvalue weighted by Crippen LogP contribution is -2.44. The van der Waals surface area contributed by atoms with E-state index in [9.17, 15) is 4.79 Å². The maximum Gasteiger partial charge on any atom is 0.223 e. The first kappa shape index (κ1) is 11.7. The summed E-state index contributed by atoms with van der Waals surface area (Å²) in [7, 11) is 0. The van der Waals surface area contributed by atoms with Crippen molar-refractivity contribution < 1.29 is 10.0 Å². The van der Waals surface area contributed by atoms with E-state index in [1.54, 1.807) is 6.92 Å². The van der Waals surface area contributed by atoms with Gasteiger partial charge in [-0.1, -0.05) is 19.0 Å². The van der Waals surface area contributed by atoms with Crippen LogP contribution in [0.2, 0.25) is 0 Å². The van der Waals surface area contributed by atoms with Crippen LogP contribution < -0.4 is 11.1 Å². The molecule has 76 valence electrons. The summed E-state index contributed by atoms with van der Waals surface area (Å²) in [6.07, 6.45) is 0.773. The molecule has 2 unspecified atom stereocenters. The molecule has 4 N–H and O–H groups in total. The van der Waals surface area contributed by atoms with Gasteiger partial charge in [-0.05, 0) is 13.3 Å². The van der Waals surface area contributed by atoms with Crippen LogP contribution in [0.5, 0.6) is 0 Å². The van der Waals surface area contributed by atoms with Crippen LogP contribution in [-0.4, -0.2) is 23.0 Å². The number of nitrogens with one attached hydrogen (secondary N) is 1. The molecule has 5 heteroatoms. The highest BCUT2D eigenvalue weighted by Gasteiger charge is 2.15. The van der Waals surface area contributed by atoms with Crippen LogP contribution in [-0.2, 0) is 4.79 Å². The normalized spacial score (nSPS) is 16.4. The van der Waals surface area contributed by atoms with Gasteiger partial charge in [0, 0.05) is 5.92 Å². The second-order valence-corrected chi connectivity index (χ2v) is 3.06. The number of rotatable bonds is 4. The molecule has 0 aromatic heterocycles. The van der Waals surface area contributed by atoms with Crippen molar-refractivity contribution >= 4 is 11.7 Å². The minimum atomic E-state index is -0.425. The number of amidine groups is 1. The van der Waals surface area contributed by atoms with E-state index in [0.717, 1.165) is 6.42 Å². The van der Waals surface area contributed by atoms with Gasteiger partial charge in [0.05, 0.1) is 6.04 Å². The predicted octanol–water partition coefficient (Wildman–Crippen LogP) is 0.284. The molecule has 0 spiro atoms. The highest BCUT2D eigenvalue weighted by Crippen LogP contribution is 2.00. The molecule has 0 aromatic rings. The van der Waals surface area contributed by atoms with Crippen LogP contribution in [0.25, 0.3) is 0 Å². The van der Waals surface area contributed by atoms with Gasteiger partial charge in [0.25, 0.3) is 0 Å². The number of nitrogens with zero attached hydrogens (tertiary/aromatic N) is 1. The Balaban J connectivity index is 4.06. The molecule has 0 bridgehead atoms. The number of carbonyl (C=O) groups is 1. The van der Waals surface area contributed by atoms with Gasteiger partial charge in [-0.15, -0.1) is 0 Å². The summed E-state index contributed by atoms with van der Waals surface area (Å²) >= 11 is 0. The molecule has 0 aliphatic heterocycles. The molecule has 5 nitrogen and oxygen atoms in total. The van der Waals surface area contributed by atoms with E-state index in [2.05, 4.69) is 10.5 Å². The number of hydrogen-bond acceptors (Lipinski definition) is 3. The molecule has 0 rings (SSSR count). The molecule has 2 atom stereocenters. The van der Waals surface area contributed by atoms with Crippen LogP contribution in [0, 0.1) is 5.92 Å². The fraction of sp³-hybridized carbons (Fsp3) is 0.750. The van der Waals surface area contributed by atoms with Crippen molar-refractivity contribution in [1.29, 1.82) is 0 Å². The minimum absolute atomic E-state index is 0.0108. The molecule has 13 heavy (non-hydrogen) atoms. The van der Waals surface area contributed by atoms with Gasteiger partial charge >= 0.3 is 0 Å². The molecule has 0 aromatic carbocycles. The summed E-state index contributed by atoms with van der Waals surface area (Å²) in [6.45, 7) is 5.42. The molecule has 0 fully saturated rings. The summed E-state index contributed by atoms with van der Waals surface area (Å²) < 4.78 is 0. The van der Waals surface area contributed by atoms with Crippen LogP contribution in [0.3, 0.4) is 0 Å². The van der Waals surface area contributed by atoms with Crippen molar-refractivity contribution in [3.05, 3.63) is 0 Å². The maximum atomic E-state index is 11.3. The topological polar surface area (TPSA) is 87.7 Å². The van der Waals surface area contributed by atoms with Crippen molar-refractivity contribution in [2.45, 2.75) is 33.2 Å². The highest BCUT2D eigenvalue weighted by atomic mass is 16.4. The molecular formula is C8H17N3O2. The Hall–Kier alpha value is -1.26. The van der Waals surface area contributed by atoms with Gasteiger partial charge in [0.15, 0.2) is 5.84 Å². The molecule has 1 amide bonds. The molecule has 0 saturated heterocycles. The van der Waals surface area contributed by atoms with Crippen LogP contribution in [0.15, 0.2) is 5.16 Å². The Bertz CT molecular complexity index is 204. The molecule has 0 saturated carbocycles. The molecule has 0 aliphatic carbocycles. The van der Waals surface area contributed by atoms with Crippen LogP contribution >= 0.6 is 0 Å². The Labute approximate surface area is 78.0 Å². The first-order chi connectivity index (χ1) is 6.02. The van der Waals surface area contributed by atoms with E-state index in [-0.39, 0.29) is 17.7 Å². The maximum absolute atomic E-state index is 11.3.